The molecule has 1 fully saturated rings. The van der Waals surface area contributed by atoms with Crippen molar-refractivity contribution in [2.24, 2.45) is 5.41 Å². The summed E-state index contributed by atoms with van der Waals surface area (Å²) in [5.41, 5.74) is 1.93. The minimum absolute atomic E-state index is 0.447. The summed E-state index contributed by atoms with van der Waals surface area (Å²) in [5.74, 6) is 0.633. The van der Waals surface area contributed by atoms with E-state index >= 15 is 0 Å². The Kier molecular flexibility index (Phi) is 6.10. The van der Waals surface area contributed by atoms with Crippen molar-refractivity contribution >= 4 is 15.9 Å². The first-order chi connectivity index (χ1) is 9.67. The van der Waals surface area contributed by atoms with Crippen molar-refractivity contribution < 1.29 is 0 Å². The summed E-state index contributed by atoms with van der Waals surface area (Å²) in [7, 11) is 0. The zero-order valence-electron chi connectivity index (χ0n) is 12.9. The van der Waals surface area contributed by atoms with E-state index in [-0.39, 0.29) is 0 Å². The lowest BCUT2D eigenvalue weighted by atomic mass is 9.66. The Morgan fingerprint density at radius 1 is 1.25 bits per heavy atom. The number of rotatable bonds is 6. The Labute approximate surface area is 132 Å². The molecule has 0 bridgehead atoms. The molecule has 0 saturated carbocycles. The highest BCUT2D eigenvalue weighted by Gasteiger charge is 2.37. The van der Waals surface area contributed by atoms with Crippen molar-refractivity contribution in [1.29, 1.82) is 0 Å². The quantitative estimate of drug-likeness (QED) is 0.675. The highest BCUT2D eigenvalue weighted by Crippen LogP contribution is 2.46. The Morgan fingerprint density at radius 3 is 2.80 bits per heavy atom. The van der Waals surface area contributed by atoms with Crippen LogP contribution in [-0.2, 0) is 0 Å². The molecule has 2 atom stereocenters. The number of halogens is 1. The summed E-state index contributed by atoms with van der Waals surface area (Å²) in [6, 6.07) is 8.77. The molecule has 2 heteroatoms. The molecule has 2 unspecified atom stereocenters. The van der Waals surface area contributed by atoms with Crippen molar-refractivity contribution in [1.82, 2.24) is 5.32 Å². The molecule has 1 saturated heterocycles. The van der Waals surface area contributed by atoms with E-state index in [2.05, 4.69) is 59.4 Å². The lowest BCUT2D eigenvalue weighted by molar-refractivity contribution is 0.166. The fraction of sp³-hybridized carbons (Fsp3) is 0.667. The third kappa shape index (κ3) is 3.85. The van der Waals surface area contributed by atoms with Gasteiger partial charge in [0.2, 0.25) is 0 Å². The molecule has 1 aromatic rings. The molecule has 0 aliphatic carbocycles. The van der Waals surface area contributed by atoms with Gasteiger partial charge < -0.3 is 5.32 Å². The van der Waals surface area contributed by atoms with Gasteiger partial charge in [0, 0.05) is 16.9 Å². The van der Waals surface area contributed by atoms with Crippen molar-refractivity contribution in [3.63, 3.8) is 0 Å². The number of piperidine rings is 1. The monoisotopic (exact) mass is 337 g/mol. The van der Waals surface area contributed by atoms with Gasteiger partial charge in [-0.05, 0) is 36.4 Å². The van der Waals surface area contributed by atoms with E-state index in [1.807, 2.05) is 0 Å². The van der Waals surface area contributed by atoms with Crippen molar-refractivity contribution in [3.05, 3.63) is 34.3 Å². The number of unbranched alkanes of at least 4 members (excludes halogenated alkanes) is 3. The van der Waals surface area contributed by atoms with E-state index in [0.717, 1.165) is 6.54 Å². The van der Waals surface area contributed by atoms with Gasteiger partial charge >= 0.3 is 0 Å². The Morgan fingerprint density at radius 2 is 2.05 bits per heavy atom. The van der Waals surface area contributed by atoms with Gasteiger partial charge in [0.05, 0.1) is 0 Å². The van der Waals surface area contributed by atoms with E-state index in [1.165, 1.54) is 55.1 Å². The SMILES string of the molecule is CCCCCCC1(C)CCNCC1c1ccccc1Br. The fourth-order valence-corrected chi connectivity index (χ4v) is 4.10. The van der Waals surface area contributed by atoms with E-state index in [1.54, 1.807) is 0 Å². The van der Waals surface area contributed by atoms with E-state index in [0.29, 0.717) is 11.3 Å². The summed E-state index contributed by atoms with van der Waals surface area (Å²) >= 11 is 3.75. The molecule has 20 heavy (non-hydrogen) atoms. The number of hydrogen-bond donors (Lipinski definition) is 1. The van der Waals surface area contributed by atoms with Gasteiger partial charge in [-0.2, -0.15) is 0 Å². The normalized spacial score (nSPS) is 26.6. The highest BCUT2D eigenvalue weighted by atomic mass is 79.9. The van der Waals surface area contributed by atoms with Crippen LogP contribution in [-0.4, -0.2) is 13.1 Å². The predicted molar refractivity (Wildman–Crippen MR) is 91.2 cm³/mol. The Hall–Kier alpha value is -0.340. The first-order valence-electron chi connectivity index (χ1n) is 8.12. The number of nitrogens with one attached hydrogen (secondary N) is 1. The molecule has 1 aliphatic rings. The maximum Gasteiger partial charge on any atom is 0.0210 e. The maximum atomic E-state index is 3.75. The average molecular weight is 338 g/mol. The molecule has 0 amide bonds. The molecule has 2 rings (SSSR count). The predicted octanol–water partition coefficient (Wildman–Crippen LogP) is 5.50. The van der Waals surface area contributed by atoms with E-state index in [4.69, 9.17) is 0 Å². The molecule has 0 radical (unpaired) electrons. The van der Waals surface area contributed by atoms with Crippen LogP contribution in [0.4, 0.5) is 0 Å². The van der Waals surface area contributed by atoms with Gasteiger partial charge in [-0.15, -0.1) is 0 Å². The molecular formula is C18H28BrN. The summed E-state index contributed by atoms with van der Waals surface area (Å²) < 4.78 is 1.27. The van der Waals surface area contributed by atoms with Crippen LogP contribution >= 0.6 is 15.9 Å². The van der Waals surface area contributed by atoms with Crippen LogP contribution in [0, 0.1) is 5.41 Å². The van der Waals surface area contributed by atoms with Crippen LogP contribution in [0.5, 0.6) is 0 Å². The van der Waals surface area contributed by atoms with Gasteiger partial charge in [0.1, 0.15) is 0 Å². The van der Waals surface area contributed by atoms with Crippen LogP contribution < -0.4 is 5.32 Å². The molecule has 1 N–H and O–H groups in total. The fourth-order valence-electron chi connectivity index (χ4n) is 3.54. The lowest BCUT2D eigenvalue weighted by Gasteiger charge is -2.43. The van der Waals surface area contributed by atoms with Crippen LogP contribution in [0.3, 0.4) is 0 Å². The maximum absolute atomic E-state index is 3.75. The molecule has 0 spiro atoms. The second-order valence-electron chi connectivity index (χ2n) is 6.49. The topological polar surface area (TPSA) is 12.0 Å². The Bertz CT molecular complexity index is 418. The van der Waals surface area contributed by atoms with E-state index < -0.39 is 0 Å². The molecule has 112 valence electrons. The molecule has 1 nitrogen and oxygen atoms in total. The van der Waals surface area contributed by atoms with Gasteiger partial charge in [-0.1, -0.05) is 73.7 Å². The van der Waals surface area contributed by atoms with Gasteiger partial charge in [0.15, 0.2) is 0 Å². The lowest BCUT2D eigenvalue weighted by Crippen LogP contribution is -2.42. The summed E-state index contributed by atoms with van der Waals surface area (Å²) in [5, 5.41) is 3.60. The highest BCUT2D eigenvalue weighted by molar-refractivity contribution is 9.10. The third-order valence-corrected chi connectivity index (χ3v) is 5.67. The second-order valence-corrected chi connectivity index (χ2v) is 7.35. The molecule has 0 aromatic heterocycles. The summed E-state index contributed by atoms with van der Waals surface area (Å²) in [6.45, 7) is 7.08. The van der Waals surface area contributed by atoms with Gasteiger partial charge in [0.25, 0.3) is 0 Å². The molecule has 1 aromatic carbocycles. The first kappa shape index (κ1) is 16.0. The standard InChI is InChI=1S/C18H28BrN/c1-3-4-5-8-11-18(2)12-13-20-14-16(18)15-9-6-7-10-17(15)19/h6-7,9-10,16,20H,3-5,8,11-14H2,1-2H3. The van der Waals surface area contributed by atoms with Crippen LogP contribution in [0.2, 0.25) is 0 Å². The zero-order chi connectivity index (χ0) is 14.4. The second kappa shape index (κ2) is 7.61. The Balaban J connectivity index is 2.10. The van der Waals surface area contributed by atoms with Crippen LogP contribution in [0.25, 0.3) is 0 Å². The summed E-state index contributed by atoms with van der Waals surface area (Å²) in [6.07, 6.45) is 8.14. The molecule has 1 heterocycles. The largest absolute Gasteiger partial charge is 0.316 e. The minimum atomic E-state index is 0.447. The van der Waals surface area contributed by atoms with Crippen LogP contribution in [0.15, 0.2) is 28.7 Å². The van der Waals surface area contributed by atoms with E-state index in [9.17, 15) is 0 Å². The molecular weight excluding hydrogens is 310 g/mol. The van der Waals surface area contributed by atoms with Gasteiger partial charge in [-0.3, -0.25) is 0 Å². The first-order valence-corrected chi connectivity index (χ1v) is 8.92. The number of benzene rings is 1. The third-order valence-electron chi connectivity index (χ3n) is 4.94. The number of hydrogen-bond acceptors (Lipinski definition) is 1. The molecule has 1 aliphatic heterocycles. The van der Waals surface area contributed by atoms with Crippen LogP contribution in [0.1, 0.15) is 63.9 Å². The smallest absolute Gasteiger partial charge is 0.0210 e. The minimum Gasteiger partial charge on any atom is -0.316 e. The van der Waals surface area contributed by atoms with Gasteiger partial charge in [-0.25, -0.2) is 0 Å². The van der Waals surface area contributed by atoms with Crippen molar-refractivity contribution in [3.8, 4) is 0 Å². The van der Waals surface area contributed by atoms with Crippen molar-refractivity contribution in [2.75, 3.05) is 13.1 Å². The average Bonchev–Trinajstić information content (AvgIpc) is 2.45. The van der Waals surface area contributed by atoms with Crippen molar-refractivity contribution in [2.45, 2.75) is 58.3 Å². The zero-order valence-corrected chi connectivity index (χ0v) is 14.5. The summed E-state index contributed by atoms with van der Waals surface area (Å²) in [4.78, 5) is 0.